The molecule has 0 aliphatic carbocycles. The molecule has 0 fully saturated rings. The number of sulfone groups is 1. The SMILES string of the molecule is Cc1nn(C)c(C)c1NC(=O)C(C)Sc1ccccc1S(C)(=O)=O. The molecule has 0 aliphatic rings. The van der Waals surface area contributed by atoms with Crippen LogP contribution in [0.1, 0.15) is 18.3 Å². The molecular formula is C16H21N3O3S2. The molecule has 1 aromatic heterocycles. The standard InChI is InChI=1S/C16H21N3O3S2/c1-10-15(11(2)19(4)18-10)17-16(20)12(3)23-13-8-6-7-9-14(13)24(5,21)22/h6-9,12H,1-5H3,(H,17,20). The third kappa shape index (κ3) is 3.99. The second kappa shape index (κ2) is 6.98. The lowest BCUT2D eigenvalue weighted by molar-refractivity contribution is -0.115. The van der Waals surface area contributed by atoms with Gasteiger partial charge in [0.15, 0.2) is 9.84 Å². The van der Waals surface area contributed by atoms with Crippen LogP contribution in [-0.2, 0) is 21.7 Å². The average Bonchev–Trinajstić information content (AvgIpc) is 2.73. The summed E-state index contributed by atoms with van der Waals surface area (Å²) in [5, 5.41) is 6.70. The minimum Gasteiger partial charge on any atom is -0.322 e. The van der Waals surface area contributed by atoms with Gasteiger partial charge in [0.05, 0.1) is 27.2 Å². The van der Waals surface area contributed by atoms with Crippen molar-refractivity contribution in [2.45, 2.75) is 35.8 Å². The first kappa shape index (κ1) is 18.5. The molecule has 0 spiro atoms. The highest BCUT2D eigenvalue weighted by Crippen LogP contribution is 2.30. The number of aromatic nitrogens is 2. The van der Waals surface area contributed by atoms with E-state index in [4.69, 9.17) is 0 Å². The molecule has 1 heterocycles. The van der Waals surface area contributed by atoms with Crippen LogP contribution >= 0.6 is 11.8 Å². The Balaban J connectivity index is 2.19. The molecule has 0 radical (unpaired) electrons. The van der Waals surface area contributed by atoms with Crippen LogP contribution in [0, 0.1) is 13.8 Å². The van der Waals surface area contributed by atoms with Gasteiger partial charge in [0.25, 0.3) is 0 Å². The van der Waals surface area contributed by atoms with Gasteiger partial charge in [-0.25, -0.2) is 8.42 Å². The van der Waals surface area contributed by atoms with Crippen LogP contribution < -0.4 is 5.32 Å². The molecule has 2 aromatic rings. The van der Waals surface area contributed by atoms with Crippen molar-refractivity contribution in [2.75, 3.05) is 11.6 Å². The van der Waals surface area contributed by atoms with E-state index in [9.17, 15) is 13.2 Å². The zero-order chi connectivity index (χ0) is 18.1. The highest BCUT2D eigenvalue weighted by Gasteiger charge is 2.21. The maximum absolute atomic E-state index is 12.5. The lowest BCUT2D eigenvalue weighted by Gasteiger charge is -2.14. The summed E-state index contributed by atoms with van der Waals surface area (Å²) in [5.74, 6) is -0.192. The van der Waals surface area contributed by atoms with Crippen molar-refractivity contribution in [3.8, 4) is 0 Å². The predicted molar refractivity (Wildman–Crippen MR) is 96.2 cm³/mol. The number of thioether (sulfide) groups is 1. The molecule has 24 heavy (non-hydrogen) atoms. The molecule has 0 bridgehead atoms. The van der Waals surface area contributed by atoms with Gasteiger partial charge in [-0.05, 0) is 32.9 Å². The van der Waals surface area contributed by atoms with E-state index in [0.717, 1.165) is 11.4 Å². The van der Waals surface area contributed by atoms with Gasteiger partial charge in [0, 0.05) is 18.2 Å². The smallest absolute Gasteiger partial charge is 0.237 e. The normalized spacial score (nSPS) is 12.9. The highest BCUT2D eigenvalue weighted by molar-refractivity contribution is 8.01. The largest absolute Gasteiger partial charge is 0.322 e. The Morgan fingerprint density at radius 1 is 1.29 bits per heavy atom. The van der Waals surface area contributed by atoms with E-state index in [0.29, 0.717) is 10.6 Å². The molecule has 1 unspecified atom stereocenters. The third-order valence-corrected chi connectivity index (χ3v) is 6.14. The summed E-state index contributed by atoms with van der Waals surface area (Å²) >= 11 is 1.22. The van der Waals surface area contributed by atoms with E-state index in [1.54, 1.807) is 35.9 Å². The average molecular weight is 367 g/mol. The van der Waals surface area contributed by atoms with Gasteiger partial charge < -0.3 is 5.32 Å². The van der Waals surface area contributed by atoms with Crippen molar-refractivity contribution in [3.63, 3.8) is 0 Å². The number of aryl methyl sites for hydroxylation is 2. The second-order valence-electron chi connectivity index (χ2n) is 5.64. The van der Waals surface area contributed by atoms with Crippen LogP contribution in [0.3, 0.4) is 0 Å². The fraction of sp³-hybridized carbons (Fsp3) is 0.375. The molecule has 1 N–H and O–H groups in total. The molecule has 0 saturated heterocycles. The van der Waals surface area contributed by atoms with E-state index in [1.165, 1.54) is 18.0 Å². The molecule has 1 atom stereocenters. The number of rotatable bonds is 5. The number of hydrogen-bond acceptors (Lipinski definition) is 5. The molecule has 0 aliphatic heterocycles. The molecule has 1 amide bonds. The fourth-order valence-electron chi connectivity index (χ4n) is 2.28. The summed E-state index contributed by atoms with van der Waals surface area (Å²) in [4.78, 5) is 13.3. The first-order valence-electron chi connectivity index (χ1n) is 7.38. The molecule has 6 nitrogen and oxygen atoms in total. The van der Waals surface area contributed by atoms with Crippen molar-refractivity contribution in [1.29, 1.82) is 0 Å². The topological polar surface area (TPSA) is 81.1 Å². The van der Waals surface area contributed by atoms with Crippen LogP contribution in [-0.4, -0.2) is 35.6 Å². The predicted octanol–water partition coefficient (Wildman–Crippen LogP) is 2.56. The summed E-state index contributed by atoms with van der Waals surface area (Å²) in [5.41, 5.74) is 2.32. The van der Waals surface area contributed by atoms with Crippen LogP contribution in [0.2, 0.25) is 0 Å². The summed E-state index contributed by atoms with van der Waals surface area (Å²) < 4.78 is 25.4. The zero-order valence-corrected chi connectivity index (χ0v) is 16.0. The van der Waals surface area contributed by atoms with Crippen molar-refractivity contribution >= 4 is 33.2 Å². The second-order valence-corrected chi connectivity index (χ2v) is 9.00. The van der Waals surface area contributed by atoms with Crippen LogP contribution in [0.4, 0.5) is 5.69 Å². The van der Waals surface area contributed by atoms with Crippen molar-refractivity contribution in [3.05, 3.63) is 35.7 Å². The van der Waals surface area contributed by atoms with E-state index in [-0.39, 0.29) is 10.8 Å². The number of nitrogens with zero attached hydrogens (tertiary/aromatic N) is 2. The summed E-state index contributed by atoms with van der Waals surface area (Å²) in [7, 11) is -1.52. The van der Waals surface area contributed by atoms with E-state index < -0.39 is 15.1 Å². The number of hydrogen-bond donors (Lipinski definition) is 1. The van der Waals surface area contributed by atoms with Gasteiger partial charge in [-0.3, -0.25) is 9.48 Å². The monoisotopic (exact) mass is 367 g/mol. The Labute approximate surface area is 146 Å². The summed E-state index contributed by atoms with van der Waals surface area (Å²) in [6.07, 6.45) is 1.17. The first-order chi connectivity index (χ1) is 11.1. The molecular weight excluding hydrogens is 346 g/mol. The van der Waals surface area contributed by atoms with Crippen LogP contribution in [0.5, 0.6) is 0 Å². The summed E-state index contributed by atoms with van der Waals surface area (Å²) in [6.45, 7) is 5.46. The number of carbonyl (C=O) groups excluding carboxylic acids is 1. The molecule has 2 rings (SSSR count). The Kier molecular flexibility index (Phi) is 5.39. The Morgan fingerprint density at radius 3 is 2.46 bits per heavy atom. The number of nitrogens with one attached hydrogen (secondary N) is 1. The van der Waals surface area contributed by atoms with Crippen LogP contribution in [0.15, 0.2) is 34.1 Å². The van der Waals surface area contributed by atoms with Gasteiger partial charge in [-0.1, -0.05) is 12.1 Å². The zero-order valence-electron chi connectivity index (χ0n) is 14.3. The molecule has 8 heteroatoms. The Bertz CT molecular complexity index is 873. The van der Waals surface area contributed by atoms with Crippen LogP contribution in [0.25, 0.3) is 0 Å². The van der Waals surface area contributed by atoms with E-state index >= 15 is 0 Å². The number of anilines is 1. The van der Waals surface area contributed by atoms with Gasteiger partial charge >= 0.3 is 0 Å². The number of carbonyl (C=O) groups is 1. The highest BCUT2D eigenvalue weighted by atomic mass is 32.2. The lowest BCUT2D eigenvalue weighted by atomic mass is 10.3. The lowest BCUT2D eigenvalue weighted by Crippen LogP contribution is -2.23. The van der Waals surface area contributed by atoms with Crippen molar-refractivity contribution in [2.24, 2.45) is 7.05 Å². The molecule has 1 aromatic carbocycles. The van der Waals surface area contributed by atoms with Gasteiger partial charge in [0.1, 0.15) is 0 Å². The Hall–Kier alpha value is -1.80. The van der Waals surface area contributed by atoms with Gasteiger partial charge in [-0.15, -0.1) is 11.8 Å². The number of benzene rings is 1. The van der Waals surface area contributed by atoms with Crippen molar-refractivity contribution < 1.29 is 13.2 Å². The Morgan fingerprint density at radius 2 is 1.92 bits per heavy atom. The van der Waals surface area contributed by atoms with Gasteiger partial charge in [-0.2, -0.15) is 5.10 Å². The quantitative estimate of drug-likeness (QED) is 0.822. The minimum atomic E-state index is -3.34. The maximum atomic E-state index is 12.5. The van der Waals surface area contributed by atoms with E-state index in [1.807, 2.05) is 20.9 Å². The first-order valence-corrected chi connectivity index (χ1v) is 10.1. The number of amides is 1. The van der Waals surface area contributed by atoms with Gasteiger partial charge in [0.2, 0.25) is 5.91 Å². The molecule has 0 saturated carbocycles. The fourth-order valence-corrected chi connectivity index (χ4v) is 4.52. The maximum Gasteiger partial charge on any atom is 0.237 e. The third-order valence-electron chi connectivity index (χ3n) is 3.68. The van der Waals surface area contributed by atoms with Crippen molar-refractivity contribution in [1.82, 2.24) is 9.78 Å². The van der Waals surface area contributed by atoms with E-state index in [2.05, 4.69) is 10.4 Å². The summed E-state index contributed by atoms with van der Waals surface area (Å²) in [6, 6.07) is 6.70. The minimum absolute atomic E-state index is 0.192. The molecule has 130 valence electrons.